The average molecular weight is 428 g/mol. The molecule has 6 N–H and O–H groups in total. The molecule has 3 atom stereocenters. The molecule has 2 aromatic carbocycles. The van der Waals surface area contributed by atoms with Gasteiger partial charge in [0.15, 0.2) is 6.04 Å². The summed E-state index contributed by atoms with van der Waals surface area (Å²) in [5.74, 6) is -0.155. The number of anilines is 1. The molecule has 0 amide bonds. The first kappa shape index (κ1) is 22.4. The highest BCUT2D eigenvalue weighted by Crippen LogP contribution is 2.32. The third-order valence-corrected chi connectivity index (χ3v) is 5.26. The molecular formula is C23H29N3O5. The number of aliphatic hydroxyl groups is 1. The number of hydrogen-bond donors (Lipinski definition) is 5. The van der Waals surface area contributed by atoms with Gasteiger partial charge in [-0.05, 0) is 68.1 Å². The highest BCUT2D eigenvalue weighted by Gasteiger charge is 2.26. The Morgan fingerprint density at radius 1 is 1.19 bits per heavy atom. The van der Waals surface area contributed by atoms with Gasteiger partial charge in [-0.2, -0.15) is 0 Å². The molecule has 0 aliphatic heterocycles. The Morgan fingerprint density at radius 3 is 2.48 bits per heavy atom. The maximum atomic E-state index is 12.1. The van der Waals surface area contributed by atoms with E-state index in [1.54, 1.807) is 42.5 Å². The van der Waals surface area contributed by atoms with Gasteiger partial charge in [0.2, 0.25) is 0 Å². The number of aliphatic hydroxyl groups excluding tert-OH is 1. The summed E-state index contributed by atoms with van der Waals surface area (Å²) < 4.78 is 11.7. The van der Waals surface area contributed by atoms with Gasteiger partial charge in [0.1, 0.15) is 23.4 Å². The van der Waals surface area contributed by atoms with Gasteiger partial charge in [0, 0.05) is 17.3 Å². The molecular weight excluding hydrogens is 398 g/mol. The van der Waals surface area contributed by atoms with Gasteiger partial charge in [-0.25, -0.2) is 4.79 Å². The van der Waals surface area contributed by atoms with E-state index >= 15 is 0 Å². The van der Waals surface area contributed by atoms with Crippen molar-refractivity contribution in [3.63, 3.8) is 0 Å². The molecule has 0 heterocycles. The zero-order valence-corrected chi connectivity index (χ0v) is 17.5. The van der Waals surface area contributed by atoms with Crippen LogP contribution in [-0.4, -0.2) is 40.8 Å². The van der Waals surface area contributed by atoms with E-state index in [1.807, 2.05) is 6.92 Å². The average Bonchev–Trinajstić information content (AvgIpc) is 2.74. The van der Waals surface area contributed by atoms with Crippen molar-refractivity contribution in [1.82, 2.24) is 0 Å². The summed E-state index contributed by atoms with van der Waals surface area (Å²) in [5.41, 5.74) is 7.07. The van der Waals surface area contributed by atoms with Gasteiger partial charge in [-0.3, -0.25) is 5.41 Å². The fourth-order valence-electron chi connectivity index (χ4n) is 3.67. The minimum absolute atomic E-state index is 0.0579. The predicted molar refractivity (Wildman–Crippen MR) is 118 cm³/mol. The van der Waals surface area contributed by atoms with Crippen molar-refractivity contribution in [3.8, 4) is 11.5 Å². The number of rotatable bonds is 9. The SMILES string of the molecule is CCOc1cc(OC2CCCCC2O)cc(C(Nc2ccc(C(=N)N)cc2)C(=O)O)c1. The summed E-state index contributed by atoms with van der Waals surface area (Å²) in [6, 6.07) is 10.7. The molecule has 3 rings (SSSR count). The lowest BCUT2D eigenvalue weighted by Crippen LogP contribution is -2.34. The largest absolute Gasteiger partial charge is 0.494 e. The van der Waals surface area contributed by atoms with Crippen LogP contribution in [0.3, 0.4) is 0 Å². The predicted octanol–water partition coefficient (Wildman–Crippen LogP) is 3.29. The number of aliphatic carboxylic acids is 1. The Morgan fingerprint density at radius 2 is 1.87 bits per heavy atom. The molecule has 0 saturated heterocycles. The van der Waals surface area contributed by atoms with E-state index in [0.717, 1.165) is 19.3 Å². The Kier molecular flexibility index (Phi) is 7.36. The normalized spacial score (nSPS) is 19.3. The zero-order valence-electron chi connectivity index (χ0n) is 17.5. The van der Waals surface area contributed by atoms with E-state index in [0.29, 0.717) is 41.3 Å². The molecule has 1 fully saturated rings. The minimum Gasteiger partial charge on any atom is -0.494 e. The van der Waals surface area contributed by atoms with Crippen LogP contribution in [0.1, 0.15) is 49.8 Å². The molecule has 1 aliphatic carbocycles. The molecule has 166 valence electrons. The first-order valence-corrected chi connectivity index (χ1v) is 10.4. The number of carboxylic acid groups (broad SMARTS) is 1. The van der Waals surface area contributed by atoms with Crippen LogP contribution in [0.2, 0.25) is 0 Å². The standard InChI is InChI=1S/C23H29N3O5/c1-2-30-17-11-15(12-18(13-17)31-20-6-4-3-5-19(20)27)21(23(28)29)26-16-9-7-14(8-10-16)22(24)25/h7-13,19-21,26-27H,2-6H2,1H3,(H3,24,25)(H,28,29). The Hall–Kier alpha value is -3.26. The van der Waals surface area contributed by atoms with Crippen molar-refractivity contribution in [2.24, 2.45) is 5.73 Å². The van der Waals surface area contributed by atoms with Crippen molar-refractivity contribution in [2.45, 2.75) is 50.9 Å². The first-order chi connectivity index (χ1) is 14.9. The number of nitrogen functional groups attached to an aromatic ring is 1. The lowest BCUT2D eigenvalue weighted by molar-refractivity contribution is -0.138. The maximum absolute atomic E-state index is 12.1. The molecule has 1 saturated carbocycles. The van der Waals surface area contributed by atoms with E-state index in [1.165, 1.54) is 0 Å². The lowest BCUT2D eigenvalue weighted by Gasteiger charge is -2.28. The topological polar surface area (TPSA) is 138 Å². The number of carbonyl (C=O) groups is 1. The van der Waals surface area contributed by atoms with Crippen LogP contribution in [0.4, 0.5) is 5.69 Å². The van der Waals surface area contributed by atoms with Gasteiger partial charge >= 0.3 is 5.97 Å². The lowest BCUT2D eigenvalue weighted by atomic mass is 9.95. The highest BCUT2D eigenvalue weighted by molar-refractivity contribution is 5.95. The molecule has 0 spiro atoms. The summed E-state index contributed by atoms with van der Waals surface area (Å²) in [6.07, 6.45) is 2.53. The van der Waals surface area contributed by atoms with Crippen LogP contribution >= 0.6 is 0 Å². The quantitative estimate of drug-likeness (QED) is 0.306. The third kappa shape index (κ3) is 5.88. The van der Waals surface area contributed by atoms with Crippen LogP contribution in [0.25, 0.3) is 0 Å². The summed E-state index contributed by atoms with van der Waals surface area (Å²) in [4.78, 5) is 12.1. The second-order valence-electron chi connectivity index (χ2n) is 7.59. The van der Waals surface area contributed by atoms with E-state index in [-0.39, 0.29) is 11.9 Å². The number of nitrogens with two attached hydrogens (primary N) is 1. The van der Waals surface area contributed by atoms with Crippen LogP contribution < -0.4 is 20.5 Å². The van der Waals surface area contributed by atoms with E-state index in [2.05, 4.69) is 5.32 Å². The second-order valence-corrected chi connectivity index (χ2v) is 7.59. The van der Waals surface area contributed by atoms with Gasteiger partial charge in [-0.15, -0.1) is 0 Å². The highest BCUT2D eigenvalue weighted by atomic mass is 16.5. The number of carboxylic acids is 1. The molecule has 0 bridgehead atoms. The van der Waals surface area contributed by atoms with Crippen molar-refractivity contribution in [2.75, 3.05) is 11.9 Å². The second kappa shape index (κ2) is 10.2. The minimum atomic E-state index is -1.06. The fraction of sp³-hybridized carbons (Fsp3) is 0.391. The maximum Gasteiger partial charge on any atom is 0.330 e. The van der Waals surface area contributed by atoms with Gasteiger partial charge in [0.05, 0.1) is 12.7 Å². The van der Waals surface area contributed by atoms with E-state index in [9.17, 15) is 15.0 Å². The summed E-state index contributed by atoms with van der Waals surface area (Å²) in [5, 5.41) is 30.6. The fourth-order valence-corrected chi connectivity index (χ4v) is 3.67. The number of hydrogen-bond acceptors (Lipinski definition) is 6. The molecule has 2 aromatic rings. The zero-order chi connectivity index (χ0) is 22.4. The van der Waals surface area contributed by atoms with Crippen molar-refractivity contribution >= 4 is 17.5 Å². The number of ether oxygens (including phenoxy) is 2. The van der Waals surface area contributed by atoms with E-state index in [4.69, 9.17) is 20.6 Å². The molecule has 3 unspecified atom stereocenters. The Bertz CT molecular complexity index is 916. The summed E-state index contributed by atoms with van der Waals surface area (Å²) in [7, 11) is 0. The van der Waals surface area contributed by atoms with Gasteiger partial charge < -0.3 is 30.7 Å². The van der Waals surface area contributed by atoms with Crippen molar-refractivity contribution in [1.29, 1.82) is 5.41 Å². The molecule has 31 heavy (non-hydrogen) atoms. The third-order valence-electron chi connectivity index (χ3n) is 5.26. The molecule has 0 aromatic heterocycles. The number of nitrogens with one attached hydrogen (secondary N) is 2. The number of benzene rings is 2. The van der Waals surface area contributed by atoms with Crippen molar-refractivity contribution in [3.05, 3.63) is 53.6 Å². The summed E-state index contributed by atoms with van der Waals surface area (Å²) >= 11 is 0. The van der Waals surface area contributed by atoms with Crippen LogP contribution in [0, 0.1) is 5.41 Å². The molecule has 8 heteroatoms. The first-order valence-electron chi connectivity index (χ1n) is 10.4. The molecule has 0 radical (unpaired) electrons. The Labute approximate surface area is 181 Å². The smallest absolute Gasteiger partial charge is 0.330 e. The van der Waals surface area contributed by atoms with Crippen LogP contribution in [0.5, 0.6) is 11.5 Å². The van der Waals surface area contributed by atoms with Gasteiger partial charge in [0.25, 0.3) is 0 Å². The monoisotopic (exact) mass is 427 g/mol. The Balaban J connectivity index is 1.87. The van der Waals surface area contributed by atoms with Gasteiger partial charge in [-0.1, -0.05) is 6.42 Å². The van der Waals surface area contributed by atoms with E-state index < -0.39 is 18.1 Å². The number of amidine groups is 1. The van der Waals surface area contributed by atoms with Crippen molar-refractivity contribution < 1.29 is 24.5 Å². The van der Waals surface area contributed by atoms with Crippen LogP contribution in [-0.2, 0) is 4.79 Å². The molecule has 8 nitrogen and oxygen atoms in total. The summed E-state index contributed by atoms with van der Waals surface area (Å²) in [6.45, 7) is 2.27. The van der Waals surface area contributed by atoms with Crippen LogP contribution in [0.15, 0.2) is 42.5 Å². The molecule has 1 aliphatic rings.